The fourth-order valence-corrected chi connectivity index (χ4v) is 2.75. The topological polar surface area (TPSA) is 39.2 Å². The zero-order valence-electron chi connectivity index (χ0n) is 13.8. The minimum atomic E-state index is -0.293. The Labute approximate surface area is 132 Å². The lowest BCUT2D eigenvalue weighted by molar-refractivity contribution is 0.0602. The fourth-order valence-electron chi connectivity index (χ4n) is 2.75. The summed E-state index contributed by atoms with van der Waals surface area (Å²) in [5.41, 5.74) is 2.46. The van der Waals surface area contributed by atoms with Gasteiger partial charge in [0, 0.05) is 11.1 Å². The molecule has 3 heteroatoms. The lowest BCUT2D eigenvalue weighted by atomic mass is 9.96. The SMILES string of the molecule is CCCCCCC(C)c1cc(C(=O)OC)c2ccccc2n1. The van der Waals surface area contributed by atoms with Gasteiger partial charge in [-0.1, -0.05) is 57.7 Å². The first kappa shape index (κ1) is 16.5. The Bertz CT molecular complexity index is 636. The molecule has 1 aromatic carbocycles. The van der Waals surface area contributed by atoms with Crippen molar-refractivity contribution in [2.45, 2.75) is 51.9 Å². The van der Waals surface area contributed by atoms with Crippen molar-refractivity contribution in [2.24, 2.45) is 0 Å². The Kier molecular flexibility index (Phi) is 5.93. The van der Waals surface area contributed by atoms with E-state index in [1.165, 1.54) is 32.8 Å². The van der Waals surface area contributed by atoms with Gasteiger partial charge in [-0.05, 0) is 24.5 Å². The summed E-state index contributed by atoms with van der Waals surface area (Å²) in [6, 6.07) is 9.65. The molecule has 1 heterocycles. The predicted octanol–water partition coefficient (Wildman–Crippen LogP) is 5.10. The van der Waals surface area contributed by atoms with Crippen LogP contribution >= 0.6 is 0 Å². The Balaban J connectivity index is 2.28. The predicted molar refractivity (Wildman–Crippen MR) is 90.3 cm³/mol. The van der Waals surface area contributed by atoms with E-state index < -0.39 is 0 Å². The standard InChI is InChI=1S/C19H25NO2/c1-4-5-6-7-10-14(2)18-13-16(19(21)22-3)15-11-8-9-12-17(15)20-18/h8-9,11-14H,4-7,10H2,1-3H3. The molecule has 0 bridgehead atoms. The van der Waals surface area contributed by atoms with Crippen LogP contribution in [0.1, 0.15) is 67.9 Å². The minimum Gasteiger partial charge on any atom is -0.465 e. The molecule has 0 spiro atoms. The molecule has 2 aromatic rings. The van der Waals surface area contributed by atoms with Gasteiger partial charge in [0.2, 0.25) is 0 Å². The lowest BCUT2D eigenvalue weighted by Crippen LogP contribution is -2.06. The highest BCUT2D eigenvalue weighted by Gasteiger charge is 2.16. The van der Waals surface area contributed by atoms with Gasteiger partial charge in [0.1, 0.15) is 0 Å². The second kappa shape index (κ2) is 7.92. The highest BCUT2D eigenvalue weighted by Crippen LogP contribution is 2.26. The molecule has 0 radical (unpaired) electrons. The van der Waals surface area contributed by atoms with E-state index in [0.717, 1.165) is 23.0 Å². The number of esters is 1. The first-order valence-electron chi connectivity index (χ1n) is 8.15. The van der Waals surface area contributed by atoms with Crippen molar-refractivity contribution >= 4 is 16.9 Å². The van der Waals surface area contributed by atoms with Crippen LogP contribution in [0.25, 0.3) is 10.9 Å². The van der Waals surface area contributed by atoms with Crippen LogP contribution in [0.4, 0.5) is 0 Å². The van der Waals surface area contributed by atoms with E-state index in [9.17, 15) is 4.79 Å². The van der Waals surface area contributed by atoms with Gasteiger partial charge in [0.15, 0.2) is 0 Å². The van der Waals surface area contributed by atoms with E-state index in [4.69, 9.17) is 9.72 Å². The van der Waals surface area contributed by atoms with E-state index >= 15 is 0 Å². The zero-order valence-corrected chi connectivity index (χ0v) is 13.8. The summed E-state index contributed by atoms with van der Waals surface area (Å²) in [7, 11) is 1.42. The van der Waals surface area contributed by atoms with Crippen molar-refractivity contribution in [3.63, 3.8) is 0 Å². The van der Waals surface area contributed by atoms with Gasteiger partial charge in [0.25, 0.3) is 0 Å². The quantitative estimate of drug-likeness (QED) is 0.527. The van der Waals surface area contributed by atoms with Gasteiger partial charge in [0.05, 0.1) is 18.2 Å². The molecule has 0 saturated heterocycles. The molecule has 0 fully saturated rings. The Morgan fingerprint density at radius 1 is 1.23 bits per heavy atom. The number of rotatable bonds is 7. The third kappa shape index (κ3) is 3.85. The number of methoxy groups -OCH3 is 1. The monoisotopic (exact) mass is 299 g/mol. The molecule has 0 aliphatic heterocycles. The van der Waals surface area contributed by atoms with E-state index in [-0.39, 0.29) is 5.97 Å². The van der Waals surface area contributed by atoms with Gasteiger partial charge in [-0.15, -0.1) is 0 Å². The smallest absolute Gasteiger partial charge is 0.338 e. The highest BCUT2D eigenvalue weighted by atomic mass is 16.5. The van der Waals surface area contributed by atoms with Gasteiger partial charge in [-0.2, -0.15) is 0 Å². The molecule has 22 heavy (non-hydrogen) atoms. The fraction of sp³-hybridized carbons (Fsp3) is 0.474. The van der Waals surface area contributed by atoms with Gasteiger partial charge < -0.3 is 4.74 Å². The number of benzene rings is 1. The van der Waals surface area contributed by atoms with Gasteiger partial charge >= 0.3 is 5.97 Å². The van der Waals surface area contributed by atoms with Gasteiger partial charge in [-0.3, -0.25) is 4.98 Å². The van der Waals surface area contributed by atoms with E-state index in [0.29, 0.717) is 11.5 Å². The maximum Gasteiger partial charge on any atom is 0.338 e. The van der Waals surface area contributed by atoms with Crippen LogP contribution in [0, 0.1) is 0 Å². The molecule has 3 nitrogen and oxygen atoms in total. The number of pyridine rings is 1. The molecule has 0 aliphatic carbocycles. The summed E-state index contributed by atoms with van der Waals surface area (Å²) in [6.45, 7) is 4.40. The summed E-state index contributed by atoms with van der Waals surface area (Å²) < 4.78 is 4.93. The van der Waals surface area contributed by atoms with E-state index in [2.05, 4.69) is 13.8 Å². The van der Waals surface area contributed by atoms with Crippen LogP contribution in [-0.2, 0) is 4.74 Å². The summed E-state index contributed by atoms with van der Waals surface area (Å²) in [5, 5.41) is 0.858. The van der Waals surface area contributed by atoms with Crippen LogP contribution in [0.3, 0.4) is 0 Å². The Morgan fingerprint density at radius 3 is 2.73 bits per heavy atom. The van der Waals surface area contributed by atoms with Crippen molar-refractivity contribution < 1.29 is 9.53 Å². The number of aromatic nitrogens is 1. The summed E-state index contributed by atoms with van der Waals surface area (Å²) in [4.78, 5) is 16.8. The molecule has 118 valence electrons. The van der Waals surface area contributed by atoms with Crippen molar-refractivity contribution in [2.75, 3.05) is 7.11 Å². The number of unbranched alkanes of at least 4 members (excludes halogenated alkanes) is 3. The molecule has 0 aliphatic rings. The molecule has 1 atom stereocenters. The number of carbonyl (C=O) groups excluding carboxylic acids is 1. The third-order valence-corrected chi connectivity index (χ3v) is 4.14. The number of ether oxygens (including phenoxy) is 1. The molecule has 0 saturated carbocycles. The molecule has 2 rings (SSSR count). The third-order valence-electron chi connectivity index (χ3n) is 4.14. The lowest BCUT2D eigenvalue weighted by Gasteiger charge is -2.14. The maximum atomic E-state index is 12.1. The first-order chi connectivity index (χ1) is 10.7. The van der Waals surface area contributed by atoms with Crippen LogP contribution in [0.5, 0.6) is 0 Å². The molecule has 1 aromatic heterocycles. The number of hydrogen-bond donors (Lipinski definition) is 0. The van der Waals surface area contributed by atoms with Crippen LogP contribution < -0.4 is 0 Å². The second-order valence-corrected chi connectivity index (χ2v) is 5.85. The second-order valence-electron chi connectivity index (χ2n) is 5.85. The molecule has 0 N–H and O–H groups in total. The summed E-state index contributed by atoms with van der Waals surface area (Å²) in [5.74, 6) is 0.0582. The number of nitrogens with zero attached hydrogens (tertiary/aromatic N) is 1. The maximum absolute atomic E-state index is 12.1. The van der Waals surface area contributed by atoms with E-state index in [1.54, 1.807) is 0 Å². The van der Waals surface area contributed by atoms with Crippen molar-refractivity contribution in [1.29, 1.82) is 0 Å². The zero-order chi connectivity index (χ0) is 15.9. The largest absolute Gasteiger partial charge is 0.465 e. The Hall–Kier alpha value is -1.90. The molecular weight excluding hydrogens is 274 g/mol. The highest BCUT2D eigenvalue weighted by molar-refractivity contribution is 6.03. The van der Waals surface area contributed by atoms with Crippen molar-refractivity contribution in [3.8, 4) is 0 Å². The first-order valence-corrected chi connectivity index (χ1v) is 8.15. The van der Waals surface area contributed by atoms with Crippen molar-refractivity contribution in [1.82, 2.24) is 4.98 Å². The molecule has 1 unspecified atom stereocenters. The summed E-state index contributed by atoms with van der Waals surface area (Å²) in [6.07, 6.45) is 6.10. The Morgan fingerprint density at radius 2 is 2.00 bits per heavy atom. The summed E-state index contributed by atoms with van der Waals surface area (Å²) >= 11 is 0. The van der Waals surface area contributed by atoms with Crippen molar-refractivity contribution in [3.05, 3.63) is 41.6 Å². The normalized spacial score (nSPS) is 12.3. The van der Waals surface area contributed by atoms with Gasteiger partial charge in [-0.25, -0.2) is 4.79 Å². The number of hydrogen-bond acceptors (Lipinski definition) is 3. The molecular formula is C19H25NO2. The molecule has 0 amide bonds. The number of para-hydroxylation sites is 1. The average Bonchev–Trinajstić information content (AvgIpc) is 2.56. The minimum absolute atomic E-state index is 0.293. The average molecular weight is 299 g/mol. The van der Waals surface area contributed by atoms with Crippen LogP contribution in [-0.4, -0.2) is 18.1 Å². The number of carbonyl (C=O) groups is 1. The van der Waals surface area contributed by atoms with Crippen LogP contribution in [0.15, 0.2) is 30.3 Å². The number of fused-ring (bicyclic) bond motifs is 1. The van der Waals surface area contributed by atoms with Crippen LogP contribution in [0.2, 0.25) is 0 Å². The van der Waals surface area contributed by atoms with E-state index in [1.807, 2.05) is 30.3 Å².